The highest BCUT2D eigenvalue weighted by Gasteiger charge is 2.27. The van der Waals surface area contributed by atoms with Gasteiger partial charge in [0.2, 0.25) is 0 Å². The van der Waals surface area contributed by atoms with Crippen LogP contribution >= 0.6 is 0 Å². The smallest absolute Gasteiger partial charge is 0.162 e. The lowest BCUT2D eigenvalue weighted by Gasteiger charge is -2.25. The second-order valence-electron chi connectivity index (χ2n) is 5.61. The zero-order valence-corrected chi connectivity index (χ0v) is 12.6. The second-order valence-corrected chi connectivity index (χ2v) is 5.61. The van der Waals surface area contributed by atoms with E-state index in [-0.39, 0.29) is 5.92 Å². The molecule has 0 fully saturated rings. The van der Waals surface area contributed by atoms with E-state index < -0.39 is 6.10 Å². The molecule has 5 heteroatoms. The summed E-state index contributed by atoms with van der Waals surface area (Å²) >= 11 is 0. The van der Waals surface area contributed by atoms with Crippen LogP contribution < -0.4 is 4.74 Å². The predicted octanol–water partition coefficient (Wildman–Crippen LogP) is 1.84. The van der Waals surface area contributed by atoms with Crippen molar-refractivity contribution in [3.8, 4) is 5.75 Å². The molecule has 0 aromatic carbocycles. The Morgan fingerprint density at radius 2 is 2.30 bits per heavy atom. The van der Waals surface area contributed by atoms with Crippen LogP contribution in [0, 0.1) is 5.92 Å². The molecule has 2 unspecified atom stereocenters. The lowest BCUT2D eigenvalue weighted by atomic mass is 9.87. The van der Waals surface area contributed by atoms with Crippen molar-refractivity contribution in [2.45, 2.75) is 31.9 Å². The molecule has 112 valence electrons. The number of methoxy groups -OCH3 is 1. The average Bonchev–Trinajstić information content (AvgIpc) is 2.88. The highest BCUT2D eigenvalue weighted by Crippen LogP contribution is 2.35. The van der Waals surface area contributed by atoms with Crippen LogP contribution in [0.5, 0.6) is 5.75 Å². The molecule has 1 N–H and O–H groups in total. The molecule has 0 saturated carbocycles. The predicted molar refractivity (Wildman–Crippen MR) is 78.8 cm³/mol. The number of ether oxygens (including phenoxy) is 1. The van der Waals surface area contributed by atoms with Crippen LogP contribution in [0.25, 0.3) is 0 Å². The van der Waals surface area contributed by atoms with Gasteiger partial charge in [-0.25, -0.2) is 0 Å². The zero-order valence-electron chi connectivity index (χ0n) is 12.6. The SMILES string of the molecule is COc1cnn(CCN(C)C)c1C(O)C1CC=CCC1. The quantitative estimate of drug-likeness (QED) is 0.807. The summed E-state index contributed by atoms with van der Waals surface area (Å²) in [7, 11) is 5.69. The summed E-state index contributed by atoms with van der Waals surface area (Å²) in [6.07, 6.45) is 8.50. The molecule has 2 rings (SSSR count). The lowest BCUT2D eigenvalue weighted by molar-refractivity contribution is 0.0901. The zero-order chi connectivity index (χ0) is 14.5. The first kappa shape index (κ1) is 15.1. The van der Waals surface area contributed by atoms with Crippen LogP contribution in [0.2, 0.25) is 0 Å². The van der Waals surface area contributed by atoms with E-state index in [0.29, 0.717) is 5.75 Å². The second kappa shape index (κ2) is 6.90. The van der Waals surface area contributed by atoms with Crippen LogP contribution in [0.3, 0.4) is 0 Å². The van der Waals surface area contributed by atoms with Crippen molar-refractivity contribution < 1.29 is 9.84 Å². The first-order chi connectivity index (χ1) is 9.63. The number of likely N-dealkylation sites (N-methyl/N-ethyl adjacent to an activating group) is 1. The van der Waals surface area contributed by atoms with Gasteiger partial charge in [-0.15, -0.1) is 0 Å². The number of hydrogen-bond acceptors (Lipinski definition) is 4. The number of rotatable bonds is 6. The van der Waals surface area contributed by atoms with Crippen molar-refractivity contribution in [1.29, 1.82) is 0 Å². The summed E-state index contributed by atoms with van der Waals surface area (Å²) in [6, 6.07) is 0. The molecular formula is C15H25N3O2. The molecule has 0 aliphatic heterocycles. The van der Waals surface area contributed by atoms with E-state index in [1.165, 1.54) is 0 Å². The highest BCUT2D eigenvalue weighted by molar-refractivity contribution is 5.28. The lowest BCUT2D eigenvalue weighted by Crippen LogP contribution is -2.23. The normalized spacial score (nSPS) is 20.4. The fraction of sp³-hybridized carbons (Fsp3) is 0.667. The summed E-state index contributed by atoms with van der Waals surface area (Å²) < 4.78 is 7.25. The summed E-state index contributed by atoms with van der Waals surface area (Å²) in [5.74, 6) is 0.939. The van der Waals surface area contributed by atoms with Gasteiger partial charge in [-0.1, -0.05) is 12.2 Å². The maximum Gasteiger partial charge on any atom is 0.162 e. The van der Waals surface area contributed by atoms with Crippen LogP contribution in [-0.2, 0) is 6.54 Å². The maximum atomic E-state index is 10.7. The molecule has 0 radical (unpaired) electrons. The van der Waals surface area contributed by atoms with E-state index in [9.17, 15) is 5.11 Å². The third-order valence-electron chi connectivity index (χ3n) is 3.86. The minimum atomic E-state index is -0.514. The van der Waals surface area contributed by atoms with Gasteiger partial charge >= 0.3 is 0 Å². The molecule has 1 aliphatic rings. The third kappa shape index (κ3) is 3.41. The first-order valence-electron chi connectivity index (χ1n) is 7.21. The van der Waals surface area contributed by atoms with Gasteiger partial charge in [-0.05, 0) is 39.3 Å². The Morgan fingerprint density at radius 1 is 1.50 bits per heavy atom. The fourth-order valence-corrected chi connectivity index (χ4v) is 2.63. The van der Waals surface area contributed by atoms with Gasteiger partial charge in [0.15, 0.2) is 5.75 Å². The third-order valence-corrected chi connectivity index (χ3v) is 3.86. The van der Waals surface area contributed by atoms with E-state index >= 15 is 0 Å². The Bertz CT molecular complexity index is 454. The largest absolute Gasteiger partial charge is 0.493 e. The van der Waals surface area contributed by atoms with Crippen molar-refractivity contribution in [2.75, 3.05) is 27.7 Å². The minimum absolute atomic E-state index is 0.253. The molecule has 20 heavy (non-hydrogen) atoms. The minimum Gasteiger partial charge on any atom is -0.493 e. The Hall–Kier alpha value is -1.33. The Kier molecular flexibility index (Phi) is 5.20. The summed E-state index contributed by atoms with van der Waals surface area (Å²) in [5.41, 5.74) is 0.814. The standard InChI is InChI=1S/C15H25N3O2/c1-17(2)9-10-18-14(13(20-3)11-16-18)15(19)12-7-5-4-6-8-12/h4-5,11-12,15,19H,6-10H2,1-3H3. The average molecular weight is 279 g/mol. The number of aliphatic hydroxyl groups excluding tert-OH is 1. The summed E-state index contributed by atoms with van der Waals surface area (Å²) in [5, 5.41) is 15.1. The van der Waals surface area contributed by atoms with Gasteiger partial charge in [0, 0.05) is 6.54 Å². The molecule has 1 aromatic rings. The molecule has 0 bridgehead atoms. The van der Waals surface area contributed by atoms with Gasteiger partial charge < -0.3 is 14.7 Å². The van der Waals surface area contributed by atoms with Crippen molar-refractivity contribution in [1.82, 2.24) is 14.7 Å². The molecule has 0 saturated heterocycles. The van der Waals surface area contributed by atoms with E-state index in [2.05, 4.69) is 22.2 Å². The van der Waals surface area contributed by atoms with Gasteiger partial charge in [-0.3, -0.25) is 4.68 Å². The van der Waals surface area contributed by atoms with Crippen molar-refractivity contribution >= 4 is 0 Å². The van der Waals surface area contributed by atoms with Crippen LogP contribution in [0.1, 0.15) is 31.1 Å². The molecule has 5 nitrogen and oxygen atoms in total. The molecule has 0 amide bonds. The molecule has 2 atom stereocenters. The van der Waals surface area contributed by atoms with Gasteiger partial charge in [0.1, 0.15) is 11.8 Å². The number of hydrogen-bond donors (Lipinski definition) is 1. The van der Waals surface area contributed by atoms with Crippen LogP contribution in [-0.4, -0.2) is 47.5 Å². The van der Waals surface area contributed by atoms with Crippen LogP contribution in [0.15, 0.2) is 18.3 Å². The number of aliphatic hydroxyl groups is 1. The van der Waals surface area contributed by atoms with E-state index in [1.807, 2.05) is 18.8 Å². The molecule has 1 heterocycles. The van der Waals surface area contributed by atoms with E-state index in [1.54, 1.807) is 13.3 Å². The Balaban J connectivity index is 2.18. The Labute approximate surface area is 120 Å². The van der Waals surface area contributed by atoms with Gasteiger partial charge in [-0.2, -0.15) is 5.10 Å². The van der Waals surface area contributed by atoms with Crippen molar-refractivity contribution in [3.63, 3.8) is 0 Å². The van der Waals surface area contributed by atoms with E-state index in [0.717, 1.165) is 38.0 Å². The first-order valence-corrected chi connectivity index (χ1v) is 7.21. The number of nitrogens with zero attached hydrogens (tertiary/aromatic N) is 3. The topological polar surface area (TPSA) is 50.5 Å². The molecule has 1 aromatic heterocycles. The Morgan fingerprint density at radius 3 is 2.90 bits per heavy atom. The van der Waals surface area contributed by atoms with Gasteiger partial charge in [0.25, 0.3) is 0 Å². The monoisotopic (exact) mass is 279 g/mol. The van der Waals surface area contributed by atoms with E-state index in [4.69, 9.17) is 4.74 Å². The summed E-state index contributed by atoms with van der Waals surface area (Å²) in [4.78, 5) is 2.10. The number of aromatic nitrogens is 2. The maximum absolute atomic E-state index is 10.7. The van der Waals surface area contributed by atoms with Crippen molar-refractivity contribution in [3.05, 3.63) is 24.0 Å². The molecular weight excluding hydrogens is 254 g/mol. The van der Waals surface area contributed by atoms with Gasteiger partial charge in [0.05, 0.1) is 19.9 Å². The molecule has 1 aliphatic carbocycles. The number of allylic oxidation sites excluding steroid dienone is 2. The summed E-state index contributed by atoms with van der Waals surface area (Å²) in [6.45, 7) is 1.64. The molecule has 0 spiro atoms. The highest BCUT2D eigenvalue weighted by atomic mass is 16.5. The fourth-order valence-electron chi connectivity index (χ4n) is 2.63. The van der Waals surface area contributed by atoms with Crippen molar-refractivity contribution in [2.24, 2.45) is 5.92 Å². The van der Waals surface area contributed by atoms with Crippen LogP contribution in [0.4, 0.5) is 0 Å².